The lowest BCUT2D eigenvalue weighted by Crippen LogP contribution is -2.19. The molecule has 0 radical (unpaired) electrons. The first-order valence-corrected chi connectivity index (χ1v) is 12.0. The summed E-state index contributed by atoms with van der Waals surface area (Å²) in [6.45, 7) is 0. The van der Waals surface area contributed by atoms with Gasteiger partial charge in [0.15, 0.2) is 0 Å². The minimum absolute atomic E-state index is 0.240. The van der Waals surface area contributed by atoms with Crippen molar-refractivity contribution in [3.63, 3.8) is 0 Å². The average Bonchev–Trinajstić information content (AvgIpc) is 3.44. The molecule has 0 saturated carbocycles. The maximum Gasteiger partial charge on any atom is 0.323 e. The monoisotopic (exact) mass is 534 g/mol. The third-order valence-electron chi connectivity index (χ3n) is 5.49. The molecule has 0 aliphatic carbocycles. The Balaban J connectivity index is 1.26. The van der Waals surface area contributed by atoms with Crippen molar-refractivity contribution in [3.8, 4) is 35.2 Å². The summed E-state index contributed by atoms with van der Waals surface area (Å²) in [6.07, 6.45) is 8.42. The van der Waals surface area contributed by atoms with Crippen molar-refractivity contribution in [2.75, 3.05) is 16.0 Å². The molecule has 5 rings (SSSR count). The summed E-state index contributed by atoms with van der Waals surface area (Å²) in [6, 6.07) is 21.8. The normalized spacial score (nSPS) is 10.4. The van der Waals surface area contributed by atoms with Gasteiger partial charge in [0.1, 0.15) is 0 Å². The van der Waals surface area contributed by atoms with Crippen LogP contribution in [0.15, 0.2) is 95.8 Å². The van der Waals surface area contributed by atoms with E-state index >= 15 is 0 Å². The third kappa shape index (κ3) is 6.10. The van der Waals surface area contributed by atoms with E-state index in [1.165, 1.54) is 6.20 Å². The molecule has 0 atom stereocenters. The molecule has 190 valence electrons. The number of nitrogens with zero attached hydrogens (tertiary/aromatic N) is 3. The van der Waals surface area contributed by atoms with Crippen LogP contribution in [0.25, 0.3) is 22.8 Å². The van der Waals surface area contributed by atoms with Crippen LogP contribution in [-0.4, -0.2) is 27.1 Å². The summed E-state index contributed by atoms with van der Waals surface area (Å²) in [4.78, 5) is 33.2. The highest BCUT2D eigenvalue weighted by atomic mass is 35.5. The van der Waals surface area contributed by atoms with Gasteiger partial charge in [-0.25, -0.2) is 4.79 Å². The molecule has 10 heteroatoms. The molecule has 3 amide bonds. The van der Waals surface area contributed by atoms with E-state index < -0.39 is 6.03 Å². The topological polar surface area (TPSA) is 122 Å². The summed E-state index contributed by atoms with van der Waals surface area (Å²) in [5.74, 6) is 2.73. The molecule has 3 N–H and O–H groups in total. The van der Waals surface area contributed by atoms with Gasteiger partial charge in [0.05, 0.1) is 10.6 Å². The lowest BCUT2D eigenvalue weighted by atomic mass is 10.1. The molecule has 2 aromatic heterocycles. The molecule has 39 heavy (non-hydrogen) atoms. The predicted molar refractivity (Wildman–Crippen MR) is 149 cm³/mol. The standard InChI is InChI=1S/C29H19ClN6O3/c1-2-18-8-10-21(11-9-18)33-29(38)34-22-7-3-5-19(15-22)28-35-26(36-39-28)24-13-12-23(16-25(24)30)32-27(37)20-6-4-14-31-17-20/h1,3-17H,(H,32,37)(H2,33,34,38). The fraction of sp³-hybridized carbons (Fsp3) is 0. The minimum atomic E-state index is -0.422. The summed E-state index contributed by atoms with van der Waals surface area (Å²) < 4.78 is 5.45. The molecule has 2 heterocycles. The average molecular weight is 535 g/mol. The third-order valence-corrected chi connectivity index (χ3v) is 5.81. The molecule has 0 aliphatic heterocycles. The quantitative estimate of drug-likeness (QED) is 0.219. The van der Waals surface area contributed by atoms with E-state index in [9.17, 15) is 9.59 Å². The van der Waals surface area contributed by atoms with Gasteiger partial charge in [-0.15, -0.1) is 6.42 Å². The zero-order valence-corrected chi connectivity index (χ0v) is 20.9. The second-order valence-corrected chi connectivity index (χ2v) is 8.60. The molecule has 9 nitrogen and oxygen atoms in total. The van der Waals surface area contributed by atoms with Crippen LogP contribution in [0.5, 0.6) is 0 Å². The van der Waals surface area contributed by atoms with E-state index in [1.54, 1.807) is 85.1 Å². The lowest BCUT2D eigenvalue weighted by molar-refractivity contribution is 0.102. The number of aromatic nitrogens is 3. The van der Waals surface area contributed by atoms with Crippen LogP contribution in [0.2, 0.25) is 5.02 Å². The molecular weight excluding hydrogens is 516 g/mol. The SMILES string of the molecule is C#Cc1ccc(NC(=O)Nc2cccc(-c3nc(-c4ccc(NC(=O)c5cccnc5)cc4Cl)no3)c2)cc1. The second kappa shape index (κ2) is 11.3. The van der Waals surface area contributed by atoms with Crippen LogP contribution in [0.4, 0.5) is 21.9 Å². The van der Waals surface area contributed by atoms with Crippen molar-refractivity contribution >= 4 is 40.6 Å². The number of nitrogens with one attached hydrogen (secondary N) is 3. The first kappa shape index (κ1) is 25.2. The molecule has 0 fully saturated rings. The van der Waals surface area contributed by atoms with Gasteiger partial charge in [-0.2, -0.15) is 4.98 Å². The minimum Gasteiger partial charge on any atom is -0.334 e. The van der Waals surface area contributed by atoms with Crippen molar-refractivity contribution in [2.24, 2.45) is 0 Å². The summed E-state index contributed by atoms with van der Waals surface area (Å²) in [5, 5.41) is 12.7. The predicted octanol–water partition coefficient (Wildman–Crippen LogP) is 6.33. The van der Waals surface area contributed by atoms with E-state index in [0.717, 1.165) is 5.56 Å². The fourth-order valence-corrected chi connectivity index (χ4v) is 3.86. The van der Waals surface area contributed by atoms with E-state index in [1.807, 2.05) is 0 Å². The lowest BCUT2D eigenvalue weighted by Gasteiger charge is -2.08. The Bertz CT molecular complexity index is 1690. The van der Waals surface area contributed by atoms with Crippen LogP contribution in [0, 0.1) is 12.3 Å². The number of pyridine rings is 1. The molecule has 0 bridgehead atoms. The van der Waals surface area contributed by atoms with Crippen LogP contribution in [0.3, 0.4) is 0 Å². The summed E-state index contributed by atoms with van der Waals surface area (Å²) in [7, 11) is 0. The maximum atomic E-state index is 12.4. The van der Waals surface area contributed by atoms with Gasteiger partial charge in [0.25, 0.3) is 11.8 Å². The fourth-order valence-electron chi connectivity index (χ4n) is 3.60. The Morgan fingerprint density at radius 2 is 1.64 bits per heavy atom. The molecule has 0 aliphatic rings. The summed E-state index contributed by atoms with van der Waals surface area (Å²) >= 11 is 6.47. The van der Waals surface area contributed by atoms with Crippen molar-refractivity contribution in [3.05, 3.63) is 107 Å². The van der Waals surface area contributed by atoms with Crippen molar-refractivity contribution in [1.29, 1.82) is 0 Å². The van der Waals surface area contributed by atoms with Gasteiger partial charge in [-0.3, -0.25) is 9.78 Å². The van der Waals surface area contributed by atoms with Gasteiger partial charge < -0.3 is 20.5 Å². The summed E-state index contributed by atoms with van der Waals surface area (Å²) in [5.41, 5.74) is 3.90. The van der Waals surface area contributed by atoms with E-state index in [4.69, 9.17) is 22.5 Å². The van der Waals surface area contributed by atoms with E-state index in [0.29, 0.717) is 38.8 Å². The number of amides is 3. The molecule has 3 aromatic carbocycles. The second-order valence-electron chi connectivity index (χ2n) is 8.20. The van der Waals surface area contributed by atoms with Crippen molar-refractivity contribution in [1.82, 2.24) is 15.1 Å². The highest BCUT2D eigenvalue weighted by Crippen LogP contribution is 2.31. The number of hydrogen-bond acceptors (Lipinski definition) is 6. The number of urea groups is 1. The Morgan fingerprint density at radius 1 is 0.872 bits per heavy atom. The van der Waals surface area contributed by atoms with Crippen molar-refractivity contribution in [2.45, 2.75) is 0 Å². The first-order chi connectivity index (χ1) is 19.0. The van der Waals surface area contributed by atoms with Gasteiger partial charge in [-0.05, 0) is 72.8 Å². The number of terminal acetylenes is 1. The number of anilines is 3. The zero-order valence-electron chi connectivity index (χ0n) is 20.2. The maximum absolute atomic E-state index is 12.4. The van der Waals surface area contributed by atoms with E-state index in [-0.39, 0.29) is 17.6 Å². The van der Waals surface area contributed by atoms with E-state index in [2.05, 4.69) is 37.0 Å². The van der Waals surface area contributed by atoms with Gasteiger partial charge in [-0.1, -0.05) is 28.7 Å². The van der Waals surface area contributed by atoms with Crippen LogP contribution >= 0.6 is 11.6 Å². The van der Waals surface area contributed by atoms with Gasteiger partial charge in [0, 0.05) is 46.1 Å². The highest BCUT2D eigenvalue weighted by molar-refractivity contribution is 6.33. The molecular formula is C29H19ClN6O3. The Labute approximate surface area is 228 Å². The molecule has 0 unspecified atom stereocenters. The molecule has 0 saturated heterocycles. The largest absolute Gasteiger partial charge is 0.334 e. The number of carbonyl (C=O) groups is 2. The highest BCUT2D eigenvalue weighted by Gasteiger charge is 2.15. The Kier molecular flexibility index (Phi) is 7.30. The Morgan fingerprint density at radius 3 is 2.38 bits per heavy atom. The number of rotatable bonds is 6. The van der Waals surface area contributed by atoms with Crippen LogP contribution in [-0.2, 0) is 0 Å². The number of carbonyl (C=O) groups excluding carboxylic acids is 2. The van der Waals surface area contributed by atoms with Gasteiger partial charge >= 0.3 is 6.03 Å². The smallest absolute Gasteiger partial charge is 0.323 e. The number of halogens is 1. The first-order valence-electron chi connectivity index (χ1n) is 11.6. The van der Waals surface area contributed by atoms with Crippen LogP contribution < -0.4 is 16.0 Å². The number of hydrogen-bond donors (Lipinski definition) is 3. The van der Waals surface area contributed by atoms with Crippen molar-refractivity contribution < 1.29 is 14.1 Å². The Hall–Kier alpha value is -5.46. The number of benzene rings is 3. The van der Waals surface area contributed by atoms with Gasteiger partial charge in [0.2, 0.25) is 5.82 Å². The zero-order chi connectivity index (χ0) is 27.2. The molecule has 5 aromatic rings. The van der Waals surface area contributed by atoms with Crippen LogP contribution in [0.1, 0.15) is 15.9 Å². The molecule has 0 spiro atoms.